The Morgan fingerprint density at radius 2 is 2.05 bits per heavy atom. The second-order valence-electron chi connectivity index (χ2n) is 5.30. The third kappa shape index (κ3) is 3.10. The Morgan fingerprint density at radius 1 is 1.19 bits per heavy atom. The van der Waals surface area contributed by atoms with E-state index in [0.29, 0.717) is 6.04 Å². The van der Waals surface area contributed by atoms with E-state index in [1.54, 1.807) is 11.3 Å². The molecule has 0 saturated carbocycles. The van der Waals surface area contributed by atoms with E-state index in [-0.39, 0.29) is 0 Å². The molecule has 0 saturated heterocycles. The number of nitrogens with one attached hydrogen (secondary N) is 1. The van der Waals surface area contributed by atoms with Gasteiger partial charge in [-0.3, -0.25) is 4.98 Å². The fourth-order valence-corrected chi connectivity index (χ4v) is 3.46. The average molecular weight is 317 g/mol. The Labute approximate surface area is 133 Å². The van der Waals surface area contributed by atoms with E-state index in [1.807, 2.05) is 24.4 Å². The number of benzene rings is 1. The van der Waals surface area contributed by atoms with Gasteiger partial charge in [0.15, 0.2) is 0 Å². The second kappa shape index (κ2) is 6.14. The minimum atomic E-state index is 0.494. The zero-order valence-electron chi connectivity index (χ0n) is 12.1. The van der Waals surface area contributed by atoms with Gasteiger partial charge in [-0.2, -0.15) is 0 Å². The summed E-state index contributed by atoms with van der Waals surface area (Å²) in [6.45, 7) is 5.22. The van der Waals surface area contributed by atoms with Gasteiger partial charge in [-0.05, 0) is 36.4 Å². The van der Waals surface area contributed by atoms with Gasteiger partial charge in [0.2, 0.25) is 0 Å². The minimum absolute atomic E-state index is 0.494. The molecule has 108 valence electrons. The molecule has 2 nitrogen and oxygen atoms in total. The molecule has 21 heavy (non-hydrogen) atoms. The lowest BCUT2D eigenvalue weighted by Crippen LogP contribution is -2.21. The van der Waals surface area contributed by atoms with Crippen molar-refractivity contribution >= 4 is 33.8 Å². The van der Waals surface area contributed by atoms with E-state index in [0.717, 1.165) is 28.0 Å². The van der Waals surface area contributed by atoms with Crippen LogP contribution in [0.3, 0.4) is 0 Å². The normalized spacial score (nSPS) is 11.4. The van der Waals surface area contributed by atoms with Gasteiger partial charge in [0.1, 0.15) is 0 Å². The fraction of sp³-hybridized carbons (Fsp3) is 0.235. The van der Waals surface area contributed by atoms with Crippen LogP contribution >= 0.6 is 22.9 Å². The summed E-state index contributed by atoms with van der Waals surface area (Å²) in [5, 5.41) is 5.20. The zero-order valence-corrected chi connectivity index (χ0v) is 13.6. The molecule has 0 aliphatic heterocycles. The zero-order chi connectivity index (χ0) is 14.8. The molecule has 0 aliphatic carbocycles. The molecule has 2 heterocycles. The second-order valence-corrected chi connectivity index (χ2v) is 6.87. The number of fused-ring (bicyclic) bond motifs is 1. The maximum absolute atomic E-state index is 6.26. The summed E-state index contributed by atoms with van der Waals surface area (Å²) in [6.07, 6.45) is 1.82. The van der Waals surface area contributed by atoms with Gasteiger partial charge in [0.05, 0.1) is 10.5 Å². The summed E-state index contributed by atoms with van der Waals surface area (Å²) in [6, 6.07) is 12.8. The first-order chi connectivity index (χ1) is 10.1. The summed E-state index contributed by atoms with van der Waals surface area (Å²) in [5.74, 6) is 0. The first-order valence-electron chi connectivity index (χ1n) is 7.01. The van der Waals surface area contributed by atoms with E-state index in [9.17, 15) is 0 Å². The van der Waals surface area contributed by atoms with E-state index < -0.39 is 0 Å². The third-order valence-corrected chi connectivity index (χ3v) is 4.78. The SMILES string of the molecule is CC(C)NCc1ccc(-c2ccc(Cl)c3cccnc23)s1. The van der Waals surface area contributed by atoms with Gasteiger partial charge < -0.3 is 5.32 Å². The standard InChI is InChI=1S/C17H17ClN2S/c1-11(2)20-10-12-5-8-16(21-12)14-6-7-15(18)13-4-3-9-19-17(13)14/h3-9,11,20H,10H2,1-2H3. The molecular formula is C17H17ClN2S. The summed E-state index contributed by atoms with van der Waals surface area (Å²) >= 11 is 8.06. The monoisotopic (exact) mass is 316 g/mol. The Hall–Kier alpha value is -1.42. The van der Waals surface area contributed by atoms with Gasteiger partial charge >= 0.3 is 0 Å². The number of thiophene rings is 1. The van der Waals surface area contributed by atoms with Crippen molar-refractivity contribution in [1.82, 2.24) is 10.3 Å². The molecule has 0 atom stereocenters. The van der Waals surface area contributed by atoms with Crippen molar-refractivity contribution in [1.29, 1.82) is 0 Å². The van der Waals surface area contributed by atoms with Crippen LogP contribution in [0, 0.1) is 0 Å². The molecule has 0 amide bonds. The predicted octanol–water partition coefficient (Wildman–Crippen LogP) is 5.11. The van der Waals surface area contributed by atoms with Crippen molar-refractivity contribution in [3.05, 3.63) is 52.5 Å². The Balaban J connectivity index is 1.99. The molecule has 0 radical (unpaired) electrons. The highest BCUT2D eigenvalue weighted by Gasteiger charge is 2.10. The lowest BCUT2D eigenvalue weighted by atomic mass is 10.1. The van der Waals surface area contributed by atoms with Crippen LogP contribution in [0.5, 0.6) is 0 Å². The number of nitrogens with zero attached hydrogens (tertiary/aromatic N) is 1. The van der Waals surface area contributed by atoms with Gasteiger partial charge in [0, 0.05) is 39.5 Å². The molecule has 0 spiro atoms. The van der Waals surface area contributed by atoms with Crippen molar-refractivity contribution in [3.63, 3.8) is 0 Å². The van der Waals surface area contributed by atoms with Crippen LogP contribution in [0.25, 0.3) is 21.3 Å². The molecule has 0 unspecified atom stereocenters. The molecule has 3 rings (SSSR count). The topological polar surface area (TPSA) is 24.9 Å². The number of hydrogen-bond acceptors (Lipinski definition) is 3. The average Bonchev–Trinajstić information content (AvgIpc) is 2.94. The molecular weight excluding hydrogens is 300 g/mol. The van der Waals surface area contributed by atoms with E-state index in [1.165, 1.54) is 9.75 Å². The first kappa shape index (κ1) is 14.5. The van der Waals surface area contributed by atoms with Crippen LogP contribution in [0.2, 0.25) is 5.02 Å². The highest BCUT2D eigenvalue weighted by Crippen LogP contribution is 2.35. The Morgan fingerprint density at radius 3 is 2.86 bits per heavy atom. The van der Waals surface area contributed by atoms with Crippen LogP contribution in [0.1, 0.15) is 18.7 Å². The fourth-order valence-electron chi connectivity index (χ4n) is 2.26. The van der Waals surface area contributed by atoms with Crippen LogP contribution < -0.4 is 5.32 Å². The molecule has 3 aromatic rings. The number of pyridine rings is 1. The highest BCUT2D eigenvalue weighted by molar-refractivity contribution is 7.15. The molecule has 0 fully saturated rings. The van der Waals surface area contributed by atoms with Gasteiger partial charge in [0.25, 0.3) is 0 Å². The van der Waals surface area contributed by atoms with Crippen LogP contribution in [0.4, 0.5) is 0 Å². The van der Waals surface area contributed by atoms with E-state index >= 15 is 0 Å². The summed E-state index contributed by atoms with van der Waals surface area (Å²) in [7, 11) is 0. The van der Waals surface area contributed by atoms with Gasteiger partial charge in [-0.15, -0.1) is 11.3 Å². The molecule has 4 heteroatoms. The first-order valence-corrected chi connectivity index (χ1v) is 8.20. The molecule has 0 aliphatic rings. The van der Waals surface area contributed by atoms with Crippen molar-refractivity contribution < 1.29 is 0 Å². The lowest BCUT2D eigenvalue weighted by Gasteiger charge is -2.06. The predicted molar refractivity (Wildman–Crippen MR) is 92.0 cm³/mol. The number of halogens is 1. The van der Waals surface area contributed by atoms with Crippen molar-refractivity contribution in [2.75, 3.05) is 0 Å². The summed E-state index contributed by atoms with van der Waals surface area (Å²) in [5.41, 5.74) is 2.12. The maximum Gasteiger partial charge on any atom is 0.0803 e. The number of rotatable bonds is 4. The van der Waals surface area contributed by atoms with Crippen molar-refractivity contribution in [3.8, 4) is 10.4 Å². The minimum Gasteiger partial charge on any atom is -0.310 e. The molecule has 2 aromatic heterocycles. The third-order valence-electron chi connectivity index (χ3n) is 3.33. The maximum atomic E-state index is 6.26. The molecule has 1 N–H and O–H groups in total. The van der Waals surface area contributed by atoms with Crippen LogP contribution in [-0.2, 0) is 6.54 Å². The molecule has 0 bridgehead atoms. The van der Waals surface area contributed by atoms with Crippen LogP contribution in [-0.4, -0.2) is 11.0 Å². The van der Waals surface area contributed by atoms with Crippen LogP contribution in [0.15, 0.2) is 42.6 Å². The van der Waals surface area contributed by atoms with Crippen molar-refractivity contribution in [2.45, 2.75) is 26.4 Å². The quantitative estimate of drug-likeness (QED) is 0.723. The number of hydrogen-bond donors (Lipinski definition) is 1. The van der Waals surface area contributed by atoms with Crippen molar-refractivity contribution in [2.24, 2.45) is 0 Å². The Bertz CT molecular complexity index is 764. The lowest BCUT2D eigenvalue weighted by molar-refractivity contribution is 0.593. The molecule has 1 aromatic carbocycles. The Kier molecular flexibility index (Phi) is 4.24. The summed E-state index contributed by atoms with van der Waals surface area (Å²) in [4.78, 5) is 7.07. The summed E-state index contributed by atoms with van der Waals surface area (Å²) < 4.78 is 0. The number of aromatic nitrogens is 1. The smallest absolute Gasteiger partial charge is 0.0803 e. The van der Waals surface area contributed by atoms with Gasteiger partial charge in [-0.1, -0.05) is 25.4 Å². The highest BCUT2D eigenvalue weighted by atomic mass is 35.5. The largest absolute Gasteiger partial charge is 0.310 e. The van der Waals surface area contributed by atoms with Gasteiger partial charge in [-0.25, -0.2) is 0 Å². The van der Waals surface area contributed by atoms with E-state index in [4.69, 9.17) is 11.6 Å². The van der Waals surface area contributed by atoms with E-state index in [2.05, 4.69) is 42.3 Å².